The van der Waals surface area contributed by atoms with E-state index in [-0.39, 0.29) is 12.3 Å². The second-order valence-corrected chi connectivity index (χ2v) is 5.86. The van der Waals surface area contributed by atoms with E-state index in [9.17, 15) is 18.0 Å². The third kappa shape index (κ3) is 6.62. The monoisotopic (exact) mass is 371 g/mol. The van der Waals surface area contributed by atoms with Crippen LogP contribution in [0.5, 0.6) is 0 Å². The molecule has 0 aromatic heterocycles. The normalized spacial score (nSPS) is 11.4. The van der Waals surface area contributed by atoms with Crippen molar-refractivity contribution >= 4 is 33.6 Å². The van der Waals surface area contributed by atoms with Crippen LogP contribution in [0.3, 0.4) is 0 Å². The van der Waals surface area contributed by atoms with Gasteiger partial charge in [-0.3, -0.25) is 4.79 Å². The number of carbonyl (C=O) groups excluding carboxylic acids is 1. The van der Waals surface area contributed by atoms with Crippen LogP contribution < -0.4 is 0 Å². The predicted octanol–water partition coefficient (Wildman–Crippen LogP) is 2.92. The molecule has 1 N–H and O–H groups in total. The van der Waals surface area contributed by atoms with Crippen molar-refractivity contribution in [3.05, 3.63) is 28.7 Å². The fraction of sp³-hybridized carbons (Fsp3) is 0.417. The molecule has 20 heavy (non-hydrogen) atoms. The van der Waals surface area contributed by atoms with Crippen LogP contribution in [0.25, 0.3) is 0 Å². The maximum atomic E-state index is 12.3. The van der Waals surface area contributed by atoms with Gasteiger partial charge in [0.05, 0.1) is 12.4 Å². The quantitative estimate of drug-likeness (QED) is 0.781. The van der Waals surface area contributed by atoms with Crippen molar-refractivity contribution in [1.82, 2.24) is 4.90 Å². The fourth-order valence-electron chi connectivity index (χ4n) is 1.40. The number of alkyl halides is 3. The number of aliphatic hydroxyl groups is 1. The molecule has 0 fully saturated rings. The average Bonchev–Trinajstić information content (AvgIpc) is 2.35. The molecule has 0 atom stereocenters. The van der Waals surface area contributed by atoms with Gasteiger partial charge < -0.3 is 10.0 Å². The Balaban J connectivity index is 2.55. The van der Waals surface area contributed by atoms with Crippen LogP contribution >= 0.6 is 27.7 Å². The average molecular weight is 372 g/mol. The van der Waals surface area contributed by atoms with Gasteiger partial charge in [-0.05, 0) is 24.3 Å². The molecule has 112 valence electrons. The lowest BCUT2D eigenvalue weighted by Crippen LogP contribution is -2.41. The first-order chi connectivity index (χ1) is 9.31. The standard InChI is InChI=1S/C12H13BrF3NO2S/c13-9-1-3-10(4-2-9)20-7-11(19)17(5-6-18)8-12(14,15)16/h1-4,18H,5-8H2. The van der Waals surface area contributed by atoms with Crippen molar-refractivity contribution in [3.8, 4) is 0 Å². The molecule has 0 spiro atoms. The summed E-state index contributed by atoms with van der Waals surface area (Å²) < 4.78 is 37.8. The van der Waals surface area contributed by atoms with Gasteiger partial charge in [-0.2, -0.15) is 13.2 Å². The maximum absolute atomic E-state index is 12.3. The Kier molecular flexibility index (Phi) is 6.84. The van der Waals surface area contributed by atoms with Crippen LogP contribution in [-0.2, 0) is 4.79 Å². The predicted molar refractivity (Wildman–Crippen MR) is 74.6 cm³/mol. The van der Waals surface area contributed by atoms with Gasteiger partial charge in [0.15, 0.2) is 0 Å². The zero-order valence-electron chi connectivity index (χ0n) is 10.4. The van der Waals surface area contributed by atoms with Gasteiger partial charge in [0, 0.05) is 15.9 Å². The zero-order chi connectivity index (χ0) is 15.2. The number of carbonyl (C=O) groups is 1. The summed E-state index contributed by atoms with van der Waals surface area (Å²) in [6.07, 6.45) is -4.47. The SMILES string of the molecule is O=C(CSc1ccc(Br)cc1)N(CCO)CC(F)(F)F. The van der Waals surface area contributed by atoms with Gasteiger partial charge in [0.2, 0.25) is 5.91 Å². The Morgan fingerprint density at radius 1 is 1.30 bits per heavy atom. The van der Waals surface area contributed by atoms with Crippen molar-refractivity contribution in [1.29, 1.82) is 0 Å². The molecule has 0 heterocycles. The lowest BCUT2D eigenvalue weighted by molar-refractivity contribution is -0.160. The van der Waals surface area contributed by atoms with Crippen LogP contribution in [0.1, 0.15) is 0 Å². The van der Waals surface area contributed by atoms with E-state index >= 15 is 0 Å². The first kappa shape index (κ1) is 17.3. The van der Waals surface area contributed by atoms with Gasteiger partial charge in [-0.1, -0.05) is 15.9 Å². The molecular weight excluding hydrogens is 359 g/mol. The molecule has 0 aliphatic carbocycles. The molecule has 3 nitrogen and oxygen atoms in total. The van der Waals surface area contributed by atoms with Crippen molar-refractivity contribution in [3.63, 3.8) is 0 Å². The fourth-order valence-corrected chi connectivity index (χ4v) is 2.46. The Morgan fingerprint density at radius 2 is 1.90 bits per heavy atom. The lowest BCUT2D eigenvalue weighted by Gasteiger charge is -2.22. The number of rotatable bonds is 6. The number of amides is 1. The second kappa shape index (κ2) is 7.90. The van der Waals surface area contributed by atoms with Gasteiger partial charge in [0.1, 0.15) is 6.54 Å². The third-order valence-corrected chi connectivity index (χ3v) is 3.79. The van der Waals surface area contributed by atoms with Crippen LogP contribution in [-0.4, -0.2) is 47.5 Å². The molecule has 1 rings (SSSR count). The minimum atomic E-state index is -4.47. The van der Waals surface area contributed by atoms with Crippen molar-refractivity contribution in [2.75, 3.05) is 25.4 Å². The van der Waals surface area contributed by atoms with Crippen LogP contribution in [0.15, 0.2) is 33.6 Å². The van der Waals surface area contributed by atoms with E-state index in [1.807, 2.05) is 0 Å². The number of nitrogens with zero attached hydrogens (tertiary/aromatic N) is 1. The summed E-state index contributed by atoms with van der Waals surface area (Å²) in [4.78, 5) is 13.1. The van der Waals surface area contributed by atoms with Crippen LogP contribution in [0.2, 0.25) is 0 Å². The van der Waals surface area contributed by atoms with Crippen LogP contribution in [0.4, 0.5) is 13.2 Å². The molecule has 0 aliphatic heterocycles. The van der Waals surface area contributed by atoms with E-state index in [2.05, 4.69) is 15.9 Å². The summed E-state index contributed by atoms with van der Waals surface area (Å²) in [6, 6.07) is 7.10. The molecule has 0 saturated carbocycles. The number of aliphatic hydroxyl groups excluding tert-OH is 1. The van der Waals surface area contributed by atoms with Crippen molar-refractivity contribution < 1.29 is 23.1 Å². The topological polar surface area (TPSA) is 40.5 Å². The molecule has 8 heteroatoms. The molecule has 1 aromatic rings. The van der Waals surface area contributed by atoms with Crippen molar-refractivity contribution in [2.24, 2.45) is 0 Å². The summed E-state index contributed by atoms with van der Waals surface area (Å²) in [5, 5.41) is 8.72. The number of halogens is 4. The highest BCUT2D eigenvalue weighted by atomic mass is 79.9. The molecule has 0 unspecified atom stereocenters. The van der Waals surface area contributed by atoms with E-state index in [0.29, 0.717) is 4.90 Å². The molecule has 0 bridgehead atoms. The molecule has 0 radical (unpaired) electrons. The Morgan fingerprint density at radius 3 is 2.40 bits per heavy atom. The molecule has 1 aromatic carbocycles. The maximum Gasteiger partial charge on any atom is 0.406 e. The number of benzene rings is 1. The summed E-state index contributed by atoms with van der Waals surface area (Å²) in [7, 11) is 0. The van der Waals surface area contributed by atoms with Gasteiger partial charge in [-0.25, -0.2) is 0 Å². The second-order valence-electron chi connectivity index (χ2n) is 3.90. The minimum absolute atomic E-state index is 0.0995. The highest BCUT2D eigenvalue weighted by Gasteiger charge is 2.32. The first-order valence-corrected chi connectivity index (χ1v) is 7.43. The number of hydrogen-bond donors (Lipinski definition) is 1. The zero-order valence-corrected chi connectivity index (χ0v) is 12.8. The molecule has 0 aliphatic rings. The highest BCUT2D eigenvalue weighted by molar-refractivity contribution is 9.10. The van der Waals surface area contributed by atoms with Crippen molar-refractivity contribution in [2.45, 2.75) is 11.1 Å². The Labute approximate surface area is 127 Å². The molecular formula is C12H13BrF3NO2S. The Hall–Kier alpha value is -0.730. The van der Waals surface area contributed by atoms with Gasteiger partial charge in [0.25, 0.3) is 0 Å². The summed E-state index contributed by atoms with van der Waals surface area (Å²) in [5.41, 5.74) is 0. The lowest BCUT2D eigenvalue weighted by atomic mass is 10.4. The van der Waals surface area contributed by atoms with Gasteiger partial charge >= 0.3 is 6.18 Å². The summed E-state index contributed by atoms with van der Waals surface area (Å²) in [5.74, 6) is -0.748. The van der Waals surface area contributed by atoms with E-state index in [1.165, 1.54) is 0 Å². The third-order valence-electron chi connectivity index (χ3n) is 2.27. The van der Waals surface area contributed by atoms with E-state index in [4.69, 9.17) is 5.11 Å². The highest BCUT2D eigenvalue weighted by Crippen LogP contribution is 2.22. The Bertz CT molecular complexity index is 439. The number of thioether (sulfide) groups is 1. The minimum Gasteiger partial charge on any atom is -0.395 e. The van der Waals surface area contributed by atoms with Gasteiger partial charge in [-0.15, -0.1) is 11.8 Å². The smallest absolute Gasteiger partial charge is 0.395 e. The van der Waals surface area contributed by atoms with Crippen LogP contribution in [0, 0.1) is 0 Å². The van der Waals surface area contributed by atoms with E-state index in [1.54, 1.807) is 24.3 Å². The number of hydrogen-bond acceptors (Lipinski definition) is 3. The largest absolute Gasteiger partial charge is 0.406 e. The van der Waals surface area contributed by atoms with E-state index in [0.717, 1.165) is 21.1 Å². The first-order valence-electron chi connectivity index (χ1n) is 5.65. The molecule has 1 amide bonds. The molecule has 0 saturated heterocycles. The summed E-state index contributed by atoms with van der Waals surface area (Å²) in [6.45, 7) is -2.16. The van der Waals surface area contributed by atoms with E-state index < -0.39 is 25.2 Å². The summed E-state index contributed by atoms with van der Waals surface area (Å²) >= 11 is 4.42.